The fourth-order valence-electron chi connectivity index (χ4n) is 1.53. The smallest absolute Gasteiger partial charge is 0.423 e. The number of nitrogens with zero attached hydrogens (tertiary/aromatic N) is 1. The zero-order valence-electron chi connectivity index (χ0n) is 7.80. The maximum atomic E-state index is 9.54. The summed E-state index contributed by atoms with van der Waals surface area (Å²) in [6, 6.07) is 5.69. The third-order valence-corrected chi connectivity index (χ3v) is 2.17. The summed E-state index contributed by atoms with van der Waals surface area (Å²) >= 11 is 0. The van der Waals surface area contributed by atoms with E-state index in [1.165, 1.54) is 7.11 Å². The molecule has 1 aliphatic heterocycles. The fourth-order valence-corrected chi connectivity index (χ4v) is 1.53. The molecule has 0 bridgehead atoms. The van der Waals surface area contributed by atoms with Gasteiger partial charge in [-0.05, 0) is 16.6 Å². The lowest BCUT2D eigenvalue weighted by atomic mass is 9.76. The summed E-state index contributed by atoms with van der Waals surface area (Å²) < 4.78 is 5.10. The first-order valence-electron chi connectivity index (χ1n) is 4.31. The third kappa shape index (κ3) is 1.52. The number of oxime groups is 1. The van der Waals surface area contributed by atoms with Crippen LogP contribution in [0, 0.1) is 0 Å². The van der Waals surface area contributed by atoms with Crippen LogP contribution in [0.5, 0.6) is 0 Å². The second-order valence-electron chi connectivity index (χ2n) is 3.00. The quantitative estimate of drug-likeness (QED) is 0.403. The van der Waals surface area contributed by atoms with E-state index >= 15 is 0 Å². The van der Waals surface area contributed by atoms with E-state index in [2.05, 4.69) is 9.99 Å². The zero-order valence-corrected chi connectivity index (χ0v) is 7.80. The van der Waals surface area contributed by atoms with Crippen molar-refractivity contribution in [3.8, 4) is 0 Å². The SMILES string of the molecule is CON=Cc1cccc2c1B(O)OC2. The summed E-state index contributed by atoms with van der Waals surface area (Å²) in [5.41, 5.74) is 2.61. The van der Waals surface area contributed by atoms with Gasteiger partial charge in [-0.3, -0.25) is 0 Å². The highest BCUT2D eigenvalue weighted by atomic mass is 16.6. The molecule has 0 radical (unpaired) electrons. The Bertz CT molecular complexity index is 367. The second kappa shape index (κ2) is 3.81. The van der Waals surface area contributed by atoms with Crippen molar-refractivity contribution in [3.05, 3.63) is 29.3 Å². The van der Waals surface area contributed by atoms with Gasteiger partial charge in [0.2, 0.25) is 0 Å². The van der Waals surface area contributed by atoms with Gasteiger partial charge in [0, 0.05) is 0 Å². The van der Waals surface area contributed by atoms with Gasteiger partial charge in [-0.15, -0.1) is 0 Å². The van der Waals surface area contributed by atoms with Gasteiger partial charge in [0.05, 0.1) is 12.8 Å². The second-order valence-corrected chi connectivity index (χ2v) is 3.00. The van der Waals surface area contributed by atoms with Crippen LogP contribution in [0.3, 0.4) is 0 Å². The van der Waals surface area contributed by atoms with Crippen LogP contribution in [0.2, 0.25) is 0 Å². The van der Waals surface area contributed by atoms with Gasteiger partial charge in [-0.2, -0.15) is 0 Å². The van der Waals surface area contributed by atoms with Crippen LogP contribution in [0.25, 0.3) is 0 Å². The topological polar surface area (TPSA) is 51.0 Å². The Morgan fingerprint density at radius 1 is 1.64 bits per heavy atom. The first-order valence-corrected chi connectivity index (χ1v) is 4.31. The van der Waals surface area contributed by atoms with Crippen LogP contribution >= 0.6 is 0 Å². The van der Waals surface area contributed by atoms with E-state index in [1.807, 2.05) is 18.2 Å². The highest BCUT2D eigenvalue weighted by molar-refractivity contribution is 6.63. The average molecular weight is 191 g/mol. The van der Waals surface area contributed by atoms with Gasteiger partial charge in [-0.25, -0.2) is 0 Å². The molecule has 4 nitrogen and oxygen atoms in total. The Kier molecular flexibility index (Phi) is 2.52. The Balaban J connectivity index is 2.41. The van der Waals surface area contributed by atoms with Gasteiger partial charge in [0.15, 0.2) is 0 Å². The molecule has 0 fully saturated rings. The Hall–Kier alpha value is -1.33. The summed E-state index contributed by atoms with van der Waals surface area (Å²) in [6.45, 7) is 0.450. The lowest BCUT2D eigenvalue weighted by Gasteiger charge is -2.02. The number of fused-ring (bicyclic) bond motifs is 1. The van der Waals surface area contributed by atoms with Crippen LogP contribution in [-0.2, 0) is 16.1 Å². The molecule has 1 aliphatic rings. The van der Waals surface area contributed by atoms with E-state index in [0.717, 1.165) is 16.6 Å². The maximum Gasteiger partial charge on any atom is 0.492 e. The Morgan fingerprint density at radius 2 is 2.50 bits per heavy atom. The van der Waals surface area contributed by atoms with Crippen LogP contribution < -0.4 is 5.46 Å². The van der Waals surface area contributed by atoms with Crippen molar-refractivity contribution in [3.63, 3.8) is 0 Å². The standard InChI is InChI=1S/C9H10BNO3/c1-13-11-5-7-3-2-4-8-6-14-10(12)9(7)8/h2-5,12H,6H2,1H3. The highest BCUT2D eigenvalue weighted by Gasteiger charge is 2.29. The molecule has 0 saturated heterocycles. The molecule has 1 aromatic carbocycles. The molecule has 0 saturated carbocycles. The number of rotatable bonds is 2. The van der Waals surface area contributed by atoms with E-state index < -0.39 is 7.12 Å². The van der Waals surface area contributed by atoms with Crippen molar-refractivity contribution < 1.29 is 14.5 Å². The van der Waals surface area contributed by atoms with E-state index in [9.17, 15) is 5.02 Å². The van der Waals surface area contributed by atoms with Gasteiger partial charge < -0.3 is 14.5 Å². The van der Waals surface area contributed by atoms with Crippen molar-refractivity contribution in [2.75, 3.05) is 7.11 Å². The fraction of sp³-hybridized carbons (Fsp3) is 0.222. The van der Waals surface area contributed by atoms with Gasteiger partial charge in [0.1, 0.15) is 7.11 Å². The number of hydrogen-bond acceptors (Lipinski definition) is 4. The van der Waals surface area contributed by atoms with Gasteiger partial charge in [0.25, 0.3) is 0 Å². The summed E-state index contributed by atoms with van der Waals surface area (Å²) in [5, 5.41) is 13.2. The van der Waals surface area contributed by atoms with E-state index in [0.29, 0.717) is 6.61 Å². The van der Waals surface area contributed by atoms with Crippen molar-refractivity contribution in [2.24, 2.45) is 5.16 Å². The summed E-state index contributed by atoms with van der Waals surface area (Å²) in [7, 11) is 0.636. The summed E-state index contributed by atoms with van der Waals surface area (Å²) in [5.74, 6) is 0. The molecule has 0 aromatic heterocycles. The predicted octanol–water partition coefficient (Wildman–Crippen LogP) is -0.115. The molecule has 72 valence electrons. The maximum absolute atomic E-state index is 9.54. The normalized spacial score (nSPS) is 14.9. The molecular weight excluding hydrogens is 181 g/mol. The Labute approximate surface area is 82.3 Å². The molecule has 14 heavy (non-hydrogen) atoms. The van der Waals surface area contributed by atoms with Gasteiger partial charge >= 0.3 is 7.12 Å². The molecule has 0 atom stereocenters. The average Bonchev–Trinajstić information content (AvgIpc) is 2.58. The molecule has 0 aliphatic carbocycles. The molecule has 0 spiro atoms. The lowest BCUT2D eigenvalue weighted by molar-refractivity contribution is 0.215. The summed E-state index contributed by atoms with van der Waals surface area (Å²) in [4.78, 5) is 4.59. The largest absolute Gasteiger partial charge is 0.492 e. The van der Waals surface area contributed by atoms with Crippen LogP contribution in [0.1, 0.15) is 11.1 Å². The van der Waals surface area contributed by atoms with Crippen molar-refractivity contribution >= 4 is 18.8 Å². The molecular formula is C9H10BNO3. The predicted molar refractivity (Wildman–Crippen MR) is 53.4 cm³/mol. The molecule has 0 amide bonds. The van der Waals surface area contributed by atoms with Crippen LogP contribution in [-0.4, -0.2) is 25.5 Å². The summed E-state index contributed by atoms with van der Waals surface area (Å²) in [6.07, 6.45) is 1.57. The number of hydrogen-bond donors (Lipinski definition) is 1. The van der Waals surface area contributed by atoms with Crippen molar-refractivity contribution in [1.29, 1.82) is 0 Å². The van der Waals surface area contributed by atoms with Crippen molar-refractivity contribution in [2.45, 2.75) is 6.61 Å². The monoisotopic (exact) mass is 191 g/mol. The first kappa shape index (κ1) is 9.24. The van der Waals surface area contributed by atoms with Crippen LogP contribution in [0.4, 0.5) is 0 Å². The number of benzene rings is 1. The molecule has 1 N–H and O–H groups in total. The third-order valence-electron chi connectivity index (χ3n) is 2.17. The lowest BCUT2D eigenvalue weighted by Crippen LogP contribution is -2.31. The minimum atomic E-state index is -0.843. The van der Waals surface area contributed by atoms with E-state index in [1.54, 1.807) is 6.21 Å². The molecule has 5 heteroatoms. The molecule has 2 rings (SSSR count). The molecule has 1 aromatic rings. The van der Waals surface area contributed by atoms with Crippen molar-refractivity contribution in [1.82, 2.24) is 0 Å². The van der Waals surface area contributed by atoms with E-state index in [4.69, 9.17) is 4.65 Å². The molecule has 0 unspecified atom stereocenters. The molecule has 1 heterocycles. The van der Waals surface area contributed by atoms with Crippen LogP contribution in [0.15, 0.2) is 23.4 Å². The van der Waals surface area contributed by atoms with E-state index in [-0.39, 0.29) is 0 Å². The first-order chi connectivity index (χ1) is 6.83. The minimum absolute atomic E-state index is 0.450. The Morgan fingerprint density at radius 3 is 3.29 bits per heavy atom. The van der Waals surface area contributed by atoms with Gasteiger partial charge in [-0.1, -0.05) is 23.4 Å². The minimum Gasteiger partial charge on any atom is -0.423 e. The zero-order chi connectivity index (χ0) is 9.97. The highest BCUT2D eigenvalue weighted by Crippen LogP contribution is 2.11.